The summed E-state index contributed by atoms with van der Waals surface area (Å²) in [5.41, 5.74) is -0.206. The van der Waals surface area contributed by atoms with E-state index in [1.165, 1.54) is 12.3 Å². The van der Waals surface area contributed by atoms with Gasteiger partial charge in [0.25, 0.3) is 17.4 Å². The first-order chi connectivity index (χ1) is 11.5. The summed E-state index contributed by atoms with van der Waals surface area (Å²) in [6, 6.07) is 4.54. The zero-order chi connectivity index (χ0) is 16.9. The highest BCUT2D eigenvalue weighted by molar-refractivity contribution is 5.94. The maximum Gasteiger partial charge on any atom is 0.289 e. The van der Waals surface area contributed by atoms with Crippen molar-refractivity contribution in [1.82, 2.24) is 19.8 Å². The molecule has 0 unspecified atom stereocenters. The number of aromatic amines is 1. The monoisotopic (exact) mass is 328 g/mol. The highest BCUT2D eigenvalue weighted by atomic mass is 16.3. The Kier molecular flexibility index (Phi) is 3.09. The number of likely N-dealkylation sites (tertiary alicyclic amines) is 2. The summed E-state index contributed by atoms with van der Waals surface area (Å²) in [7, 11) is 0. The fourth-order valence-corrected chi connectivity index (χ4v) is 3.42. The molecule has 1 N–H and O–H groups in total. The van der Waals surface area contributed by atoms with E-state index in [2.05, 4.69) is 9.97 Å². The van der Waals surface area contributed by atoms with Crippen molar-refractivity contribution >= 4 is 11.8 Å². The quantitative estimate of drug-likeness (QED) is 0.853. The van der Waals surface area contributed by atoms with Crippen molar-refractivity contribution in [3.8, 4) is 0 Å². The smallest absolute Gasteiger partial charge is 0.289 e. The molecule has 0 aromatic carbocycles. The minimum absolute atomic E-state index is 0.0336. The van der Waals surface area contributed by atoms with Gasteiger partial charge in [-0.3, -0.25) is 14.4 Å². The van der Waals surface area contributed by atoms with E-state index in [9.17, 15) is 14.4 Å². The number of hydrogen-bond donors (Lipinski definition) is 1. The number of nitrogens with one attached hydrogen (secondary N) is 1. The van der Waals surface area contributed by atoms with Gasteiger partial charge in [-0.2, -0.15) is 0 Å². The van der Waals surface area contributed by atoms with Crippen molar-refractivity contribution in [2.75, 3.05) is 26.2 Å². The lowest BCUT2D eigenvalue weighted by Gasteiger charge is -2.59. The molecule has 8 heteroatoms. The molecular weight excluding hydrogens is 312 g/mol. The number of aromatic nitrogens is 2. The summed E-state index contributed by atoms with van der Waals surface area (Å²) in [4.78, 5) is 45.9. The number of carbonyl (C=O) groups excluding carboxylic acids is 2. The summed E-state index contributed by atoms with van der Waals surface area (Å²) in [5, 5.41) is 0. The van der Waals surface area contributed by atoms with E-state index in [1.807, 2.05) is 0 Å². The maximum atomic E-state index is 12.4. The normalized spacial score (nSPS) is 18.2. The van der Waals surface area contributed by atoms with Crippen LogP contribution in [0.2, 0.25) is 0 Å². The second-order valence-electron chi connectivity index (χ2n) is 6.52. The highest BCUT2D eigenvalue weighted by Crippen LogP contribution is 2.40. The molecule has 2 amide bonds. The molecule has 124 valence electrons. The van der Waals surface area contributed by atoms with Crippen LogP contribution in [0.25, 0.3) is 0 Å². The molecule has 0 bridgehead atoms. The van der Waals surface area contributed by atoms with Crippen LogP contribution in [0.15, 0.2) is 33.7 Å². The zero-order valence-electron chi connectivity index (χ0n) is 13.1. The summed E-state index contributed by atoms with van der Waals surface area (Å²) >= 11 is 0. The van der Waals surface area contributed by atoms with E-state index in [0.717, 1.165) is 0 Å². The van der Waals surface area contributed by atoms with Gasteiger partial charge in [0, 0.05) is 37.7 Å². The Bertz CT molecular complexity index is 856. The molecule has 0 saturated carbocycles. The molecule has 8 nitrogen and oxygen atoms in total. The van der Waals surface area contributed by atoms with Gasteiger partial charge in [0.15, 0.2) is 5.76 Å². The predicted octanol–water partition coefficient (Wildman–Crippen LogP) is 0.270. The molecule has 2 saturated heterocycles. The van der Waals surface area contributed by atoms with Gasteiger partial charge in [-0.25, -0.2) is 4.98 Å². The summed E-state index contributed by atoms with van der Waals surface area (Å²) in [5.74, 6) is 0.383. The number of rotatable bonds is 2. The molecule has 2 aromatic heterocycles. The largest absolute Gasteiger partial charge is 0.459 e. The molecule has 2 aliphatic heterocycles. The Morgan fingerprint density at radius 3 is 2.46 bits per heavy atom. The third-order valence-electron chi connectivity index (χ3n) is 4.49. The summed E-state index contributed by atoms with van der Waals surface area (Å²) in [6.07, 6.45) is 1.48. The molecular formula is C16H16N4O4. The molecule has 2 fully saturated rings. The van der Waals surface area contributed by atoms with Crippen molar-refractivity contribution in [3.05, 3.63) is 52.1 Å². The lowest BCUT2D eigenvalue weighted by atomic mass is 9.72. The molecule has 0 radical (unpaired) electrons. The Morgan fingerprint density at radius 2 is 1.88 bits per heavy atom. The van der Waals surface area contributed by atoms with Crippen LogP contribution < -0.4 is 5.56 Å². The number of aryl methyl sites for hydroxylation is 1. The van der Waals surface area contributed by atoms with Crippen molar-refractivity contribution in [2.24, 2.45) is 5.41 Å². The van der Waals surface area contributed by atoms with Gasteiger partial charge in [0.1, 0.15) is 11.5 Å². The van der Waals surface area contributed by atoms with E-state index < -0.39 is 0 Å². The third-order valence-corrected chi connectivity index (χ3v) is 4.49. The Labute approximate surface area is 137 Å². The average molecular weight is 328 g/mol. The van der Waals surface area contributed by atoms with Crippen molar-refractivity contribution in [2.45, 2.75) is 6.92 Å². The van der Waals surface area contributed by atoms with Crippen molar-refractivity contribution < 1.29 is 14.0 Å². The number of hydrogen-bond acceptors (Lipinski definition) is 5. The lowest BCUT2D eigenvalue weighted by molar-refractivity contribution is -0.0831. The molecule has 0 aliphatic carbocycles. The van der Waals surface area contributed by atoms with Crippen LogP contribution in [0.1, 0.15) is 26.9 Å². The second kappa shape index (κ2) is 5.05. The van der Waals surface area contributed by atoms with Gasteiger partial charge in [0.2, 0.25) is 0 Å². The maximum absolute atomic E-state index is 12.4. The van der Waals surface area contributed by atoms with E-state index in [-0.39, 0.29) is 28.5 Å². The first-order valence-electron chi connectivity index (χ1n) is 7.66. The SMILES string of the molecule is Cc1nc(C(=O)N2CC3(C2)CN(C(=O)c2ccco2)C3)cc(=O)[nH]1. The number of H-pyrrole nitrogens is 1. The van der Waals surface area contributed by atoms with Crippen LogP contribution in [0.5, 0.6) is 0 Å². The molecule has 24 heavy (non-hydrogen) atoms. The number of amides is 2. The number of carbonyl (C=O) groups is 2. The Balaban J connectivity index is 1.36. The van der Waals surface area contributed by atoms with E-state index in [4.69, 9.17) is 4.42 Å². The number of nitrogens with zero attached hydrogens (tertiary/aromatic N) is 3. The van der Waals surface area contributed by atoms with Crippen molar-refractivity contribution in [3.63, 3.8) is 0 Å². The van der Waals surface area contributed by atoms with Gasteiger partial charge >= 0.3 is 0 Å². The highest BCUT2D eigenvalue weighted by Gasteiger charge is 2.55. The van der Waals surface area contributed by atoms with Crippen LogP contribution in [-0.2, 0) is 0 Å². The Morgan fingerprint density at radius 1 is 1.21 bits per heavy atom. The number of furan rings is 1. The summed E-state index contributed by atoms with van der Waals surface area (Å²) in [6.45, 7) is 4.00. The van der Waals surface area contributed by atoms with Gasteiger partial charge in [-0.05, 0) is 19.1 Å². The molecule has 1 spiro atoms. The topological polar surface area (TPSA) is 99.5 Å². The predicted molar refractivity (Wildman–Crippen MR) is 82.5 cm³/mol. The van der Waals surface area contributed by atoms with Crippen LogP contribution in [0.3, 0.4) is 0 Å². The van der Waals surface area contributed by atoms with Crippen LogP contribution >= 0.6 is 0 Å². The lowest BCUT2D eigenvalue weighted by Crippen LogP contribution is -2.73. The fraction of sp³-hybridized carbons (Fsp3) is 0.375. The zero-order valence-corrected chi connectivity index (χ0v) is 13.1. The van der Waals surface area contributed by atoms with Gasteiger partial charge in [-0.1, -0.05) is 0 Å². The van der Waals surface area contributed by atoms with Crippen LogP contribution in [0, 0.1) is 12.3 Å². The van der Waals surface area contributed by atoms with Crippen LogP contribution in [0.4, 0.5) is 0 Å². The molecule has 2 aliphatic rings. The molecule has 2 aromatic rings. The van der Waals surface area contributed by atoms with E-state index in [1.54, 1.807) is 28.9 Å². The van der Waals surface area contributed by atoms with E-state index >= 15 is 0 Å². The van der Waals surface area contributed by atoms with E-state index in [0.29, 0.717) is 37.8 Å². The molecule has 4 heterocycles. The third kappa shape index (κ3) is 2.31. The average Bonchev–Trinajstić information content (AvgIpc) is 2.96. The van der Waals surface area contributed by atoms with Gasteiger partial charge < -0.3 is 19.2 Å². The molecule has 4 rings (SSSR count). The summed E-state index contributed by atoms with van der Waals surface area (Å²) < 4.78 is 5.11. The molecule has 0 atom stereocenters. The minimum Gasteiger partial charge on any atom is -0.459 e. The van der Waals surface area contributed by atoms with Gasteiger partial charge in [-0.15, -0.1) is 0 Å². The Hall–Kier alpha value is -2.90. The first-order valence-corrected chi connectivity index (χ1v) is 7.66. The van der Waals surface area contributed by atoms with Gasteiger partial charge in [0.05, 0.1) is 6.26 Å². The van der Waals surface area contributed by atoms with Crippen molar-refractivity contribution in [1.29, 1.82) is 0 Å². The first kappa shape index (κ1) is 14.7. The minimum atomic E-state index is -0.333. The standard InChI is InChI=1S/C16H16N4O4/c1-10-17-11(5-13(21)18-10)14(22)19-6-16(7-19)8-20(9-16)15(23)12-3-2-4-24-12/h2-5H,6-9H2,1H3,(H,17,18,21). The fourth-order valence-electron chi connectivity index (χ4n) is 3.42. The second-order valence-corrected chi connectivity index (χ2v) is 6.52. The van der Waals surface area contributed by atoms with Crippen LogP contribution in [-0.4, -0.2) is 57.8 Å².